The van der Waals surface area contributed by atoms with Gasteiger partial charge in [0.25, 0.3) is 0 Å². The summed E-state index contributed by atoms with van der Waals surface area (Å²) in [6.07, 6.45) is 0.125. The van der Waals surface area contributed by atoms with E-state index in [0.717, 1.165) is 17.5 Å². The van der Waals surface area contributed by atoms with E-state index in [2.05, 4.69) is 36.5 Å². The minimum atomic E-state index is -1.72. The molecular weight excluding hydrogens is 517 g/mol. The maximum atomic E-state index is 15.2. The van der Waals surface area contributed by atoms with E-state index in [1.54, 1.807) is 0 Å². The topological polar surface area (TPSA) is 61.8 Å². The molecule has 0 saturated carbocycles. The Kier molecular flexibility index (Phi) is 8.14. The summed E-state index contributed by atoms with van der Waals surface area (Å²) in [6.45, 7) is 2.78. The first-order chi connectivity index (χ1) is 17.8. The number of anilines is 2. The van der Waals surface area contributed by atoms with E-state index < -0.39 is 35.1 Å². The SMILES string of the molecule is C[C@@H](NCCC1CN(c2ccc(F)c(C(=O)O)c2F)c2cc(F)ccc2O1)c1cccc2ccccc12.Cl. The van der Waals surface area contributed by atoms with Gasteiger partial charge in [-0.1, -0.05) is 42.5 Å². The Bertz CT molecular complexity index is 1480. The van der Waals surface area contributed by atoms with Crippen molar-refractivity contribution in [1.29, 1.82) is 0 Å². The highest BCUT2D eigenvalue weighted by molar-refractivity contribution is 5.90. The fraction of sp³-hybridized carbons (Fsp3) is 0.207. The van der Waals surface area contributed by atoms with Crippen molar-refractivity contribution < 1.29 is 27.8 Å². The first-order valence-electron chi connectivity index (χ1n) is 12.0. The monoisotopic (exact) mass is 542 g/mol. The third kappa shape index (κ3) is 5.28. The molecule has 5 rings (SSSR count). The molecule has 1 heterocycles. The van der Waals surface area contributed by atoms with Crippen LogP contribution in [0, 0.1) is 17.5 Å². The van der Waals surface area contributed by atoms with Gasteiger partial charge in [-0.25, -0.2) is 18.0 Å². The van der Waals surface area contributed by atoms with Crippen LogP contribution in [0.3, 0.4) is 0 Å². The molecular formula is C29H26ClF3N2O3. The van der Waals surface area contributed by atoms with Crippen molar-refractivity contribution in [2.75, 3.05) is 18.0 Å². The molecule has 0 aliphatic carbocycles. The molecule has 4 aromatic rings. The normalized spacial score (nSPS) is 15.4. The highest BCUT2D eigenvalue weighted by Crippen LogP contribution is 2.41. The molecule has 198 valence electrons. The van der Waals surface area contributed by atoms with Crippen molar-refractivity contribution in [3.05, 3.63) is 101 Å². The van der Waals surface area contributed by atoms with Gasteiger partial charge >= 0.3 is 5.97 Å². The van der Waals surface area contributed by atoms with Crippen LogP contribution < -0.4 is 15.0 Å². The molecule has 0 bridgehead atoms. The van der Waals surface area contributed by atoms with Gasteiger partial charge in [0, 0.05) is 12.1 Å². The number of carboxylic acids is 1. The van der Waals surface area contributed by atoms with Crippen LogP contribution in [0.5, 0.6) is 5.75 Å². The molecule has 5 nitrogen and oxygen atoms in total. The van der Waals surface area contributed by atoms with E-state index in [4.69, 9.17) is 4.74 Å². The van der Waals surface area contributed by atoms with Crippen LogP contribution >= 0.6 is 12.4 Å². The summed E-state index contributed by atoms with van der Waals surface area (Å²) in [5, 5.41) is 15.1. The maximum absolute atomic E-state index is 15.2. The fourth-order valence-corrected chi connectivity index (χ4v) is 4.84. The molecule has 38 heavy (non-hydrogen) atoms. The van der Waals surface area contributed by atoms with Crippen LogP contribution in [0.25, 0.3) is 10.8 Å². The third-order valence-electron chi connectivity index (χ3n) is 6.67. The zero-order valence-electron chi connectivity index (χ0n) is 20.5. The summed E-state index contributed by atoms with van der Waals surface area (Å²) in [4.78, 5) is 12.9. The van der Waals surface area contributed by atoms with E-state index >= 15 is 4.39 Å². The van der Waals surface area contributed by atoms with Crippen LogP contribution in [-0.2, 0) is 0 Å². The largest absolute Gasteiger partial charge is 0.486 e. The van der Waals surface area contributed by atoms with Gasteiger partial charge in [-0.15, -0.1) is 12.4 Å². The second kappa shape index (κ2) is 11.3. The molecule has 1 aliphatic heterocycles. The molecule has 2 N–H and O–H groups in total. The summed E-state index contributed by atoms with van der Waals surface area (Å²) in [7, 11) is 0. The van der Waals surface area contributed by atoms with Crippen LogP contribution in [0.1, 0.15) is 35.3 Å². The van der Waals surface area contributed by atoms with Gasteiger partial charge in [0.2, 0.25) is 0 Å². The van der Waals surface area contributed by atoms with Crippen molar-refractivity contribution in [2.45, 2.75) is 25.5 Å². The van der Waals surface area contributed by atoms with Crippen molar-refractivity contribution in [3.63, 3.8) is 0 Å². The molecule has 0 radical (unpaired) electrons. The van der Waals surface area contributed by atoms with Crippen molar-refractivity contribution in [1.82, 2.24) is 5.32 Å². The van der Waals surface area contributed by atoms with E-state index in [-0.39, 0.29) is 36.4 Å². The molecule has 1 aliphatic rings. The molecule has 2 atom stereocenters. The number of hydrogen-bond acceptors (Lipinski definition) is 4. The van der Waals surface area contributed by atoms with Crippen molar-refractivity contribution in [3.8, 4) is 5.75 Å². The summed E-state index contributed by atoms with van der Waals surface area (Å²) in [5.41, 5.74) is 0.204. The van der Waals surface area contributed by atoms with Gasteiger partial charge in [0.05, 0.1) is 17.9 Å². The van der Waals surface area contributed by atoms with Gasteiger partial charge in [0.15, 0.2) is 5.82 Å². The van der Waals surface area contributed by atoms with Gasteiger partial charge in [0.1, 0.15) is 29.1 Å². The van der Waals surface area contributed by atoms with Gasteiger partial charge in [-0.2, -0.15) is 0 Å². The third-order valence-corrected chi connectivity index (χ3v) is 6.67. The molecule has 0 saturated heterocycles. The number of benzene rings is 4. The van der Waals surface area contributed by atoms with E-state index in [1.165, 1.54) is 34.0 Å². The van der Waals surface area contributed by atoms with E-state index in [0.29, 0.717) is 18.7 Å². The molecule has 0 aromatic heterocycles. The predicted octanol–water partition coefficient (Wildman–Crippen LogP) is 7.02. The summed E-state index contributed by atoms with van der Waals surface area (Å²) < 4.78 is 49.3. The van der Waals surface area contributed by atoms with Crippen molar-refractivity contribution in [2.24, 2.45) is 0 Å². The molecule has 0 spiro atoms. The molecule has 0 fully saturated rings. The highest BCUT2D eigenvalue weighted by Gasteiger charge is 2.31. The average Bonchev–Trinajstić information content (AvgIpc) is 2.88. The minimum Gasteiger partial charge on any atom is -0.486 e. The van der Waals surface area contributed by atoms with Gasteiger partial charge in [-0.3, -0.25) is 0 Å². The Balaban J connectivity index is 0.00000336. The first-order valence-corrected chi connectivity index (χ1v) is 12.0. The lowest BCUT2D eigenvalue weighted by Gasteiger charge is -2.37. The Labute approximate surface area is 224 Å². The molecule has 9 heteroatoms. The number of nitrogens with zero attached hydrogens (tertiary/aromatic N) is 1. The van der Waals surface area contributed by atoms with Crippen LogP contribution in [0.4, 0.5) is 24.5 Å². The fourth-order valence-electron chi connectivity index (χ4n) is 4.84. The second-order valence-corrected chi connectivity index (χ2v) is 9.06. The maximum Gasteiger partial charge on any atom is 0.341 e. The van der Waals surface area contributed by atoms with Crippen molar-refractivity contribution >= 4 is 40.5 Å². The number of aromatic carboxylic acids is 1. The standard InChI is InChI=1S/C29H25F3N2O3.ClH/c1-17(21-8-4-6-18-5-2-3-7-22(18)21)33-14-13-20-16-34(25-15-19(30)9-12-26(25)37-20)24-11-10-23(31)27(28(24)32)29(35)36;/h2-12,15,17,20,33H,13-14,16H2,1H3,(H,35,36);1H/t17-,20?;/m1./s1. The highest BCUT2D eigenvalue weighted by atomic mass is 35.5. The van der Waals surface area contributed by atoms with Crippen LogP contribution in [0.2, 0.25) is 0 Å². The molecule has 4 aromatic carbocycles. The Hall–Kier alpha value is -3.75. The lowest BCUT2D eigenvalue weighted by molar-refractivity contribution is 0.0686. The molecule has 1 unspecified atom stereocenters. The number of carboxylic acid groups (broad SMARTS) is 1. The summed E-state index contributed by atoms with van der Waals surface area (Å²) >= 11 is 0. The zero-order valence-corrected chi connectivity index (χ0v) is 21.3. The number of halogens is 4. The number of rotatable bonds is 7. The minimum absolute atomic E-state index is 0. The zero-order chi connectivity index (χ0) is 26.1. The number of carbonyl (C=O) groups is 1. The van der Waals surface area contributed by atoms with Gasteiger partial charge in [-0.05, 0) is 60.5 Å². The average molecular weight is 543 g/mol. The number of hydrogen-bond donors (Lipinski definition) is 2. The molecule has 0 amide bonds. The quantitative estimate of drug-likeness (QED) is 0.263. The number of nitrogens with one attached hydrogen (secondary N) is 1. The van der Waals surface area contributed by atoms with E-state index in [9.17, 15) is 18.7 Å². The second-order valence-electron chi connectivity index (χ2n) is 9.06. The lowest BCUT2D eigenvalue weighted by Crippen LogP contribution is -2.40. The Morgan fingerprint density at radius 2 is 1.82 bits per heavy atom. The summed E-state index contributed by atoms with van der Waals surface area (Å²) in [6, 6.07) is 20.3. The number of fused-ring (bicyclic) bond motifs is 2. The lowest BCUT2D eigenvalue weighted by atomic mass is 9.99. The number of ether oxygens (including phenoxy) is 1. The van der Waals surface area contributed by atoms with Crippen LogP contribution in [0.15, 0.2) is 72.8 Å². The first kappa shape index (κ1) is 27.3. The van der Waals surface area contributed by atoms with Gasteiger partial charge < -0.3 is 20.1 Å². The van der Waals surface area contributed by atoms with E-state index in [1.807, 2.05) is 18.2 Å². The summed E-state index contributed by atoms with van der Waals surface area (Å²) in [5.74, 6) is -4.33. The predicted molar refractivity (Wildman–Crippen MR) is 143 cm³/mol. The van der Waals surface area contributed by atoms with Crippen LogP contribution in [-0.4, -0.2) is 30.3 Å². The smallest absolute Gasteiger partial charge is 0.341 e. The Morgan fingerprint density at radius 1 is 1.05 bits per heavy atom. The Morgan fingerprint density at radius 3 is 2.61 bits per heavy atom.